The minimum Gasteiger partial charge on any atom is -0.384 e. The molecule has 0 fully saturated rings. The maximum absolute atomic E-state index is 13.2. The van der Waals surface area contributed by atoms with Gasteiger partial charge in [-0.25, -0.2) is 4.39 Å². The van der Waals surface area contributed by atoms with Crippen LogP contribution in [0, 0.1) is 17.7 Å². The van der Waals surface area contributed by atoms with Crippen molar-refractivity contribution in [3.05, 3.63) is 47.6 Å². The predicted molar refractivity (Wildman–Crippen MR) is 64.8 cm³/mol. The van der Waals surface area contributed by atoms with Gasteiger partial charge in [-0.05, 0) is 18.2 Å². The van der Waals surface area contributed by atoms with Crippen molar-refractivity contribution in [2.45, 2.75) is 0 Å². The number of aromatic nitrogens is 1. The summed E-state index contributed by atoms with van der Waals surface area (Å²) in [6, 6.07) is 3.64. The second kappa shape index (κ2) is 5.80. The zero-order chi connectivity index (χ0) is 13.7. The number of carbonyl (C=O) groups is 1. The zero-order valence-electron chi connectivity index (χ0n) is 9.68. The number of hydrogen-bond donors (Lipinski definition) is 2. The molecule has 5 nitrogen and oxygen atoms in total. The number of amides is 1. The van der Waals surface area contributed by atoms with Crippen molar-refractivity contribution >= 4 is 11.6 Å². The first-order chi connectivity index (χ1) is 9.20. The third-order valence-corrected chi connectivity index (χ3v) is 2.22. The molecule has 19 heavy (non-hydrogen) atoms. The number of nitrogens with zero attached hydrogens (tertiary/aromatic N) is 1. The van der Waals surface area contributed by atoms with E-state index in [0.717, 1.165) is 6.07 Å². The minimum atomic E-state index is -0.551. The lowest BCUT2D eigenvalue weighted by Crippen LogP contribution is -2.13. The summed E-state index contributed by atoms with van der Waals surface area (Å²) in [6.45, 7) is -0.343. The molecule has 96 valence electrons. The molecule has 2 N–H and O–H groups in total. The first-order valence-corrected chi connectivity index (χ1v) is 5.30. The first-order valence-electron chi connectivity index (χ1n) is 5.30. The SMILES string of the molecule is O=C(Nc1cnoc1)c1cc(F)ccc1C#CCO. The molecule has 0 bridgehead atoms. The van der Waals surface area contributed by atoms with Crippen molar-refractivity contribution in [3.63, 3.8) is 0 Å². The summed E-state index contributed by atoms with van der Waals surface area (Å²) in [4.78, 5) is 12.0. The number of rotatable bonds is 2. The van der Waals surface area contributed by atoms with Crippen LogP contribution in [-0.4, -0.2) is 22.8 Å². The Hall–Kier alpha value is -2.65. The predicted octanol–water partition coefficient (Wildman–Crippen LogP) is 1.41. The number of aliphatic hydroxyl groups is 1. The van der Waals surface area contributed by atoms with Gasteiger partial charge in [0.25, 0.3) is 5.91 Å². The van der Waals surface area contributed by atoms with E-state index in [9.17, 15) is 9.18 Å². The fourth-order valence-electron chi connectivity index (χ4n) is 1.41. The highest BCUT2D eigenvalue weighted by atomic mass is 19.1. The molecule has 2 aromatic rings. The summed E-state index contributed by atoms with van der Waals surface area (Å²) >= 11 is 0. The van der Waals surface area contributed by atoms with Gasteiger partial charge in [-0.2, -0.15) is 0 Å². The molecule has 0 radical (unpaired) electrons. The van der Waals surface area contributed by atoms with E-state index in [0.29, 0.717) is 11.3 Å². The number of carbonyl (C=O) groups excluding carboxylic acids is 1. The van der Waals surface area contributed by atoms with Crippen molar-refractivity contribution in [2.75, 3.05) is 11.9 Å². The summed E-state index contributed by atoms with van der Waals surface area (Å²) in [5, 5.41) is 14.6. The van der Waals surface area contributed by atoms with Crippen LogP contribution in [0.15, 0.2) is 35.2 Å². The van der Waals surface area contributed by atoms with E-state index in [1.54, 1.807) is 0 Å². The lowest BCUT2D eigenvalue weighted by molar-refractivity contribution is 0.102. The Bertz CT molecular complexity index is 642. The summed E-state index contributed by atoms with van der Waals surface area (Å²) in [7, 11) is 0. The molecule has 2 rings (SSSR count). The number of anilines is 1. The van der Waals surface area contributed by atoms with Gasteiger partial charge in [0, 0.05) is 5.56 Å². The molecule has 0 spiro atoms. The van der Waals surface area contributed by atoms with Crippen LogP contribution in [0.2, 0.25) is 0 Å². The topological polar surface area (TPSA) is 75.4 Å². The molecule has 6 heteroatoms. The van der Waals surface area contributed by atoms with Gasteiger partial charge < -0.3 is 14.9 Å². The van der Waals surface area contributed by atoms with Gasteiger partial charge in [-0.3, -0.25) is 4.79 Å². The molecule has 0 saturated heterocycles. The molecule has 1 amide bonds. The first kappa shape index (κ1) is 12.8. The second-order valence-corrected chi connectivity index (χ2v) is 3.52. The maximum Gasteiger partial charge on any atom is 0.257 e. The third-order valence-electron chi connectivity index (χ3n) is 2.22. The summed E-state index contributed by atoms with van der Waals surface area (Å²) < 4.78 is 17.8. The number of halogens is 1. The average Bonchev–Trinajstić information content (AvgIpc) is 2.90. The van der Waals surface area contributed by atoms with Gasteiger partial charge in [-0.1, -0.05) is 17.0 Å². The molecule has 1 aromatic heterocycles. The lowest BCUT2D eigenvalue weighted by atomic mass is 10.1. The molecular weight excluding hydrogens is 251 g/mol. The van der Waals surface area contributed by atoms with Crippen molar-refractivity contribution < 1.29 is 18.8 Å². The Kier molecular flexibility index (Phi) is 3.90. The fraction of sp³-hybridized carbons (Fsp3) is 0.0769. The highest BCUT2D eigenvalue weighted by molar-refractivity contribution is 6.05. The van der Waals surface area contributed by atoms with Crippen molar-refractivity contribution in [1.82, 2.24) is 5.16 Å². The summed E-state index contributed by atoms with van der Waals surface area (Å²) in [6.07, 6.45) is 2.56. The molecule has 0 aliphatic carbocycles. The smallest absolute Gasteiger partial charge is 0.257 e. The Morgan fingerprint density at radius 3 is 3.05 bits per heavy atom. The highest BCUT2D eigenvalue weighted by Gasteiger charge is 2.12. The molecule has 1 aromatic carbocycles. The normalized spacial score (nSPS) is 9.58. The molecule has 0 aliphatic rings. The fourth-order valence-corrected chi connectivity index (χ4v) is 1.41. The molecule has 1 heterocycles. The number of nitrogens with one attached hydrogen (secondary N) is 1. The minimum absolute atomic E-state index is 0.0714. The van der Waals surface area contributed by atoms with Crippen molar-refractivity contribution in [2.24, 2.45) is 0 Å². The summed E-state index contributed by atoms with van der Waals surface area (Å²) in [5.41, 5.74) is 0.752. The van der Waals surface area contributed by atoms with Crippen LogP contribution in [0.4, 0.5) is 10.1 Å². The lowest BCUT2D eigenvalue weighted by Gasteiger charge is -2.04. The van der Waals surface area contributed by atoms with Gasteiger partial charge in [0.15, 0.2) is 0 Å². The quantitative estimate of drug-likeness (QED) is 0.800. The van der Waals surface area contributed by atoms with Crippen LogP contribution in [0.5, 0.6) is 0 Å². The Balaban J connectivity index is 2.31. The standard InChI is InChI=1S/C13H9FN2O3/c14-10-4-3-9(2-1-5-17)12(6-10)13(18)16-11-7-15-19-8-11/h3-4,6-8,17H,5H2,(H,16,18). The van der Waals surface area contributed by atoms with Crippen LogP contribution in [0.3, 0.4) is 0 Å². The highest BCUT2D eigenvalue weighted by Crippen LogP contribution is 2.13. The Morgan fingerprint density at radius 1 is 1.53 bits per heavy atom. The maximum atomic E-state index is 13.2. The van der Waals surface area contributed by atoms with E-state index in [-0.39, 0.29) is 12.2 Å². The van der Waals surface area contributed by atoms with Crippen LogP contribution < -0.4 is 5.32 Å². The van der Waals surface area contributed by atoms with Crippen LogP contribution >= 0.6 is 0 Å². The number of hydrogen-bond acceptors (Lipinski definition) is 4. The van der Waals surface area contributed by atoms with E-state index >= 15 is 0 Å². The average molecular weight is 260 g/mol. The number of aliphatic hydroxyl groups excluding tert-OH is 1. The van der Waals surface area contributed by atoms with E-state index in [4.69, 9.17) is 5.11 Å². The van der Waals surface area contributed by atoms with E-state index < -0.39 is 11.7 Å². The molecule has 0 unspecified atom stereocenters. The van der Waals surface area contributed by atoms with Gasteiger partial charge in [0.2, 0.25) is 0 Å². The van der Waals surface area contributed by atoms with E-state index in [1.165, 1.54) is 24.6 Å². The Morgan fingerprint density at radius 2 is 2.37 bits per heavy atom. The van der Waals surface area contributed by atoms with Crippen LogP contribution in [-0.2, 0) is 0 Å². The second-order valence-electron chi connectivity index (χ2n) is 3.52. The molecule has 0 saturated carbocycles. The molecule has 0 atom stereocenters. The van der Waals surface area contributed by atoms with Crippen molar-refractivity contribution in [1.29, 1.82) is 0 Å². The summed E-state index contributed by atoms with van der Waals surface area (Å²) in [5.74, 6) is 3.91. The van der Waals surface area contributed by atoms with Crippen molar-refractivity contribution in [3.8, 4) is 11.8 Å². The van der Waals surface area contributed by atoms with Gasteiger partial charge in [-0.15, -0.1) is 0 Å². The largest absolute Gasteiger partial charge is 0.384 e. The van der Waals surface area contributed by atoms with Crippen LogP contribution in [0.25, 0.3) is 0 Å². The van der Waals surface area contributed by atoms with Gasteiger partial charge >= 0.3 is 0 Å². The van der Waals surface area contributed by atoms with Gasteiger partial charge in [0.1, 0.15) is 24.4 Å². The molecule has 0 aliphatic heterocycles. The third kappa shape index (κ3) is 3.18. The zero-order valence-corrected chi connectivity index (χ0v) is 9.68. The Labute approximate surface area is 108 Å². The van der Waals surface area contributed by atoms with Gasteiger partial charge in [0.05, 0.1) is 11.8 Å². The van der Waals surface area contributed by atoms with Crippen LogP contribution in [0.1, 0.15) is 15.9 Å². The number of benzene rings is 1. The van der Waals surface area contributed by atoms with E-state index in [1.807, 2.05) is 0 Å². The van der Waals surface area contributed by atoms with E-state index in [2.05, 4.69) is 26.8 Å². The monoisotopic (exact) mass is 260 g/mol. The molecular formula is C13H9FN2O3.